The van der Waals surface area contributed by atoms with Crippen molar-refractivity contribution in [3.05, 3.63) is 93.0 Å². The summed E-state index contributed by atoms with van der Waals surface area (Å²) in [6, 6.07) is 17.2. The number of hydrazone groups is 1. The standard InChI is InChI=1S/C26H24Cl2N4O4/c1-16-3-9-22(11-17(16)2)31-24(33)15-36-23-10-8-21(28)12-19(23)14-30-32-26(35)25(34)29-13-18-4-6-20(27)7-5-18/h3-12,14H,13,15H2,1-2H3,(H,29,34)(H,31,33)(H,32,35)/b30-14-. The van der Waals surface area contributed by atoms with Crippen LogP contribution in [0.15, 0.2) is 65.8 Å². The van der Waals surface area contributed by atoms with Crippen molar-refractivity contribution in [3.63, 3.8) is 0 Å². The van der Waals surface area contributed by atoms with Crippen molar-refractivity contribution in [3.8, 4) is 5.75 Å². The van der Waals surface area contributed by atoms with E-state index in [-0.39, 0.29) is 19.1 Å². The molecule has 0 bridgehead atoms. The van der Waals surface area contributed by atoms with Crippen LogP contribution in [-0.2, 0) is 20.9 Å². The molecule has 0 saturated heterocycles. The van der Waals surface area contributed by atoms with Crippen LogP contribution in [0.3, 0.4) is 0 Å². The van der Waals surface area contributed by atoms with Crippen LogP contribution in [0.5, 0.6) is 5.75 Å². The smallest absolute Gasteiger partial charge is 0.329 e. The molecule has 8 nitrogen and oxygen atoms in total. The summed E-state index contributed by atoms with van der Waals surface area (Å²) in [5.41, 5.74) is 6.19. The number of ether oxygens (including phenoxy) is 1. The van der Waals surface area contributed by atoms with Gasteiger partial charge in [-0.2, -0.15) is 5.10 Å². The molecule has 3 rings (SSSR count). The fourth-order valence-electron chi connectivity index (χ4n) is 2.99. The lowest BCUT2D eigenvalue weighted by Crippen LogP contribution is -2.37. The van der Waals surface area contributed by atoms with Gasteiger partial charge in [0.25, 0.3) is 5.91 Å². The first kappa shape index (κ1) is 26.7. The molecule has 3 aromatic rings. The second-order valence-electron chi connectivity index (χ2n) is 7.83. The molecule has 0 aliphatic heterocycles. The minimum atomic E-state index is -0.947. The lowest BCUT2D eigenvalue weighted by molar-refractivity contribution is -0.139. The Morgan fingerprint density at radius 2 is 1.61 bits per heavy atom. The molecule has 0 atom stereocenters. The van der Waals surface area contributed by atoms with E-state index in [1.54, 1.807) is 42.5 Å². The number of carbonyl (C=O) groups excluding carboxylic acids is 3. The van der Waals surface area contributed by atoms with E-state index in [0.29, 0.717) is 27.0 Å². The van der Waals surface area contributed by atoms with Gasteiger partial charge in [-0.1, -0.05) is 41.4 Å². The first-order valence-corrected chi connectivity index (χ1v) is 11.6. The number of nitrogens with zero attached hydrogens (tertiary/aromatic N) is 1. The molecule has 10 heteroatoms. The molecule has 3 N–H and O–H groups in total. The van der Waals surface area contributed by atoms with Gasteiger partial charge in [-0.05, 0) is 73.0 Å². The Balaban J connectivity index is 1.53. The van der Waals surface area contributed by atoms with E-state index in [2.05, 4.69) is 21.2 Å². The number of nitrogens with one attached hydrogen (secondary N) is 3. The summed E-state index contributed by atoms with van der Waals surface area (Å²) in [5.74, 6) is -1.83. The fourth-order valence-corrected chi connectivity index (χ4v) is 3.29. The number of aryl methyl sites for hydroxylation is 2. The van der Waals surface area contributed by atoms with E-state index in [4.69, 9.17) is 27.9 Å². The van der Waals surface area contributed by atoms with E-state index in [1.165, 1.54) is 6.21 Å². The molecule has 0 aliphatic rings. The zero-order valence-electron chi connectivity index (χ0n) is 19.6. The highest BCUT2D eigenvalue weighted by Gasteiger charge is 2.13. The van der Waals surface area contributed by atoms with Crippen molar-refractivity contribution in [1.82, 2.24) is 10.7 Å². The maximum Gasteiger partial charge on any atom is 0.329 e. The number of rotatable bonds is 8. The predicted octanol–water partition coefficient (Wildman–Crippen LogP) is 4.39. The summed E-state index contributed by atoms with van der Waals surface area (Å²) in [7, 11) is 0. The minimum Gasteiger partial charge on any atom is -0.483 e. The second kappa shape index (κ2) is 12.7. The summed E-state index contributed by atoms with van der Waals surface area (Å²) in [6.45, 7) is 3.85. The molecular weight excluding hydrogens is 503 g/mol. The summed E-state index contributed by atoms with van der Waals surface area (Å²) in [6.07, 6.45) is 1.27. The van der Waals surface area contributed by atoms with Crippen LogP contribution in [-0.4, -0.2) is 30.5 Å². The topological polar surface area (TPSA) is 109 Å². The van der Waals surface area contributed by atoms with Crippen molar-refractivity contribution < 1.29 is 19.1 Å². The number of hydrogen-bond donors (Lipinski definition) is 3. The zero-order valence-corrected chi connectivity index (χ0v) is 21.1. The van der Waals surface area contributed by atoms with E-state index in [1.807, 2.05) is 32.0 Å². The largest absolute Gasteiger partial charge is 0.483 e. The van der Waals surface area contributed by atoms with Gasteiger partial charge in [0, 0.05) is 27.8 Å². The molecule has 0 spiro atoms. The van der Waals surface area contributed by atoms with Crippen molar-refractivity contribution in [2.45, 2.75) is 20.4 Å². The Labute approximate surface area is 218 Å². The van der Waals surface area contributed by atoms with E-state index in [0.717, 1.165) is 16.7 Å². The fraction of sp³-hybridized carbons (Fsp3) is 0.154. The average molecular weight is 527 g/mol. The molecule has 0 fully saturated rings. The van der Waals surface area contributed by atoms with Gasteiger partial charge in [0.2, 0.25) is 0 Å². The van der Waals surface area contributed by atoms with Gasteiger partial charge in [0.1, 0.15) is 5.75 Å². The highest BCUT2D eigenvalue weighted by molar-refractivity contribution is 6.35. The normalized spacial score (nSPS) is 10.7. The molecule has 0 radical (unpaired) electrons. The van der Waals surface area contributed by atoms with Gasteiger partial charge in [-0.3, -0.25) is 14.4 Å². The predicted molar refractivity (Wildman–Crippen MR) is 141 cm³/mol. The molecule has 3 amide bonds. The van der Waals surface area contributed by atoms with Gasteiger partial charge >= 0.3 is 11.8 Å². The van der Waals surface area contributed by atoms with Crippen LogP contribution in [0, 0.1) is 13.8 Å². The number of anilines is 1. The second-order valence-corrected chi connectivity index (χ2v) is 8.70. The molecule has 0 unspecified atom stereocenters. The SMILES string of the molecule is Cc1ccc(NC(=O)COc2ccc(Cl)cc2/C=N\NC(=O)C(=O)NCc2ccc(Cl)cc2)cc1C. The average Bonchev–Trinajstić information content (AvgIpc) is 2.85. The van der Waals surface area contributed by atoms with Crippen molar-refractivity contribution in [2.75, 3.05) is 11.9 Å². The molecular formula is C26H24Cl2N4O4. The number of amides is 3. The summed E-state index contributed by atoms with van der Waals surface area (Å²) >= 11 is 11.9. The monoisotopic (exact) mass is 526 g/mol. The van der Waals surface area contributed by atoms with Crippen LogP contribution in [0.4, 0.5) is 5.69 Å². The molecule has 186 valence electrons. The molecule has 3 aromatic carbocycles. The number of carbonyl (C=O) groups is 3. The zero-order chi connectivity index (χ0) is 26.1. The Bertz CT molecular complexity index is 1290. The van der Waals surface area contributed by atoms with Crippen LogP contribution in [0.1, 0.15) is 22.3 Å². The van der Waals surface area contributed by atoms with E-state index >= 15 is 0 Å². The van der Waals surface area contributed by atoms with Crippen molar-refractivity contribution in [2.24, 2.45) is 5.10 Å². The molecule has 36 heavy (non-hydrogen) atoms. The lowest BCUT2D eigenvalue weighted by atomic mass is 10.1. The third-order valence-corrected chi connectivity index (χ3v) is 5.55. The highest BCUT2D eigenvalue weighted by Crippen LogP contribution is 2.22. The Morgan fingerprint density at radius 3 is 2.33 bits per heavy atom. The van der Waals surface area contributed by atoms with Crippen LogP contribution in [0.2, 0.25) is 10.0 Å². The number of halogens is 2. The Morgan fingerprint density at radius 1 is 0.889 bits per heavy atom. The van der Waals surface area contributed by atoms with Crippen LogP contribution >= 0.6 is 23.2 Å². The van der Waals surface area contributed by atoms with E-state index < -0.39 is 11.8 Å². The first-order chi connectivity index (χ1) is 17.2. The molecule has 0 aromatic heterocycles. The Kier molecular flexibility index (Phi) is 9.44. The number of hydrogen-bond acceptors (Lipinski definition) is 5. The van der Waals surface area contributed by atoms with Gasteiger partial charge in [0.05, 0.1) is 6.21 Å². The molecule has 0 heterocycles. The first-order valence-electron chi connectivity index (χ1n) is 10.9. The van der Waals surface area contributed by atoms with Crippen LogP contribution in [0.25, 0.3) is 0 Å². The van der Waals surface area contributed by atoms with Gasteiger partial charge in [0.15, 0.2) is 6.61 Å². The summed E-state index contributed by atoms with van der Waals surface area (Å²) in [5, 5.41) is 10.0. The lowest BCUT2D eigenvalue weighted by Gasteiger charge is -2.11. The van der Waals surface area contributed by atoms with Crippen molar-refractivity contribution >= 4 is 52.8 Å². The van der Waals surface area contributed by atoms with Crippen LogP contribution < -0.4 is 20.8 Å². The van der Waals surface area contributed by atoms with Gasteiger partial charge in [-0.15, -0.1) is 0 Å². The maximum atomic E-state index is 12.3. The van der Waals surface area contributed by atoms with E-state index in [9.17, 15) is 14.4 Å². The van der Waals surface area contributed by atoms with Gasteiger partial charge in [-0.25, -0.2) is 5.43 Å². The molecule has 0 aliphatic carbocycles. The summed E-state index contributed by atoms with van der Waals surface area (Å²) < 4.78 is 5.62. The minimum absolute atomic E-state index is 0.156. The third-order valence-electron chi connectivity index (χ3n) is 5.06. The maximum absolute atomic E-state index is 12.3. The van der Waals surface area contributed by atoms with Crippen molar-refractivity contribution in [1.29, 1.82) is 0 Å². The molecule has 0 saturated carbocycles. The Hall–Kier alpha value is -3.88. The highest BCUT2D eigenvalue weighted by atomic mass is 35.5. The quantitative estimate of drug-likeness (QED) is 0.229. The summed E-state index contributed by atoms with van der Waals surface area (Å²) in [4.78, 5) is 36.3. The third kappa shape index (κ3) is 8.11. The number of benzene rings is 3. The van der Waals surface area contributed by atoms with Gasteiger partial charge < -0.3 is 15.4 Å².